The minimum Gasteiger partial charge on any atom is -0.313 e. The van der Waals surface area contributed by atoms with Gasteiger partial charge in [-0.3, -0.25) is 0 Å². The Morgan fingerprint density at radius 2 is 1.50 bits per heavy atom. The number of fused-ring (bicyclic) bond motifs is 2. The fraction of sp³-hybridized carbons (Fsp3) is 0. The van der Waals surface area contributed by atoms with Crippen LogP contribution in [0.1, 0.15) is 11.4 Å². The van der Waals surface area contributed by atoms with Crippen LogP contribution < -0.4 is 10.9 Å². The minimum absolute atomic E-state index is 0.479. The summed E-state index contributed by atoms with van der Waals surface area (Å²) in [6.07, 6.45) is 0. The van der Waals surface area contributed by atoms with Gasteiger partial charge in [0.1, 0.15) is 0 Å². The van der Waals surface area contributed by atoms with Gasteiger partial charge in [0, 0.05) is 11.2 Å². The third-order valence-electron chi connectivity index (χ3n) is 2.19. The average molecular weight is 151 g/mol. The second-order valence-corrected chi connectivity index (χ2v) is 2.98. The highest BCUT2D eigenvalue weighted by molar-refractivity contribution is 6.98. The van der Waals surface area contributed by atoms with Gasteiger partial charge in [0.2, 0.25) is 14.6 Å². The quantitative estimate of drug-likeness (QED) is 0.431. The van der Waals surface area contributed by atoms with E-state index in [1.807, 2.05) is 6.07 Å². The molecule has 0 spiro atoms. The lowest BCUT2D eigenvalue weighted by Gasteiger charge is -2.26. The van der Waals surface area contributed by atoms with E-state index in [1.165, 1.54) is 0 Å². The van der Waals surface area contributed by atoms with Crippen molar-refractivity contribution >= 4 is 36.7 Å². The summed E-state index contributed by atoms with van der Waals surface area (Å²) in [5.41, 5.74) is 4.50. The van der Waals surface area contributed by atoms with Gasteiger partial charge in [-0.15, -0.1) is 0 Å². The Bertz CT molecular complexity index is 401. The number of nitrogens with one attached hydrogen (secondary N) is 2. The van der Waals surface area contributed by atoms with E-state index in [1.54, 1.807) is 14.6 Å². The normalized spacial score (nSPS) is 16.3. The monoisotopic (exact) mass is 151 g/mol. The molecule has 0 aromatic carbocycles. The topological polar surface area (TPSA) is 60.6 Å². The second-order valence-electron chi connectivity index (χ2n) is 2.98. The van der Waals surface area contributed by atoms with Crippen LogP contribution in [-0.4, -0.2) is 30.8 Å². The minimum atomic E-state index is 0.479. The van der Waals surface area contributed by atoms with Crippen molar-refractivity contribution in [3.8, 4) is 0 Å². The third kappa shape index (κ3) is 0.534. The molecule has 3 rings (SSSR count). The fourth-order valence-corrected chi connectivity index (χ4v) is 1.49. The molecule has 1 aromatic heterocycles. The number of rotatable bonds is 0. The van der Waals surface area contributed by atoms with Crippen molar-refractivity contribution in [2.75, 3.05) is 0 Å². The van der Waals surface area contributed by atoms with Crippen LogP contribution in [0.15, 0.2) is 6.07 Å². The van der Waals surface area contributed by atoms with Crippen LogP contribution in [0, 0.1) is 10.8 Å². The van der Waals surface area contributed by atoms with Gasteiger partial charge in [0.15, 0.2) is 0 Å². The Kier molecular flexibility index (Phi) is 0.865. The number of hydrogen-bond donors (Lipinski definition) is 2. The van der Waals surface area contributed by atoms with Crippen molar-refractivity contribution in [3.63, 3.8) is 0 Å². The van der Waals surface area contributed by atoms with E-state index in [0.29, 0.717) is 11.2 Å². The number of aromatic nitrogens is 1. The first-order valence-electron chi connectivity index (χ1n) is 3.68. The Balaban J connectivity index is 2.28. The van der Waals surface area contributed by atoms with Gasteiger partial charge in [-0.2, -0.15) is 0 Å². The Hall–Kier alpha value is -1.38. The van der Waals surface area contributed by atoms with Gasteiger partial charge in [-0.05, 0) is 0 Å². The summed E-state index contributed by atoms with van der Waals surface area (Å²) >= 11 is 0. The molecule has 0 amide bonds. The molecule has 2 aliphatic heterocycles. The molecule has 0 saturated heterocycles. The molecule has 12 heavy (non-hydrogen) atoms. The van der Waals surface area contributed by atoms with Crippen molar-refractivity contribution in [2.45, 2.75) is 0 Å². The predicted molar refractivity (Wildman–Crippen MR) is 48.7 cm³/mol. The molecule has 0 fully saturated rings. The average Bonchev–Trinajstić information content (AvgIpc) is 2.01. The Labute approximate surface area is 70.7 Å². The number of hydrogen-bond acceptors (Lipinski definition) is 3. The van der Waals surface area contributed by atoms with Crippen molar-refractivity contribution in [1.29, 1.82) is 10.8 Å². The first-order chi connectivity index (χ1) is 5.75. The summed E-state index contributed by atoms with van der Waals surface area (Å²) in [4.78, 5) is 4.20. The van der Waals surface area contributed by atoms with Crippen LogP contribution in [0.2, 0.25) is 0 Å². The molecule has 52 valence electrons. The van der Waals surface area contributed by atoms with Gasteiger partial charge in [0.25, 0.3) is 0 Å². The maximum atomic E-state index is 7.37. The van der Waals surface area contributed by atoms with E-state index in [4.69, 9.17) is 10.8 Å². The molecule has 5 heteroatoms. The molecular weight excluding hydrogens is 148 g/mol. The highest BCUT2D eigenvalue weighted by Crippen LogP contribution is 2.08. The maximum Gasteiger partial charge on any atom is 0.221 e. The van der Waals surface area contributed by atoms with Gasteiger partial charge < -0.3 is 10.8 Å². The zero-order valence-corrected chi connectivity index (χ0v) is 6.18. The SMILES string of the molecule is N=C1[B]c2cc3c(nc21)C(=N)[B]3. The standard InChI is InChI=1S/C7H3B2N3/c10-6-4-2(8-6)1-3-5(12-4)7(11)9-3/h1,10-11H. The predicted octanol–water partition coefficient (Wildman–Crippen LogP) is -1.58. The fourth-order valence-electron chi connectivity index (χ4n) is 1.49. The molecule has 0 bridgehead atoms. The smallest absolute Gasteiger partial charge is 0.221 e. The lowest BCUT2D eigenvalue weighted by atomic mass is 9.47. The van der Waals surface area contributed by atoms with E-state index in [-0.39, 0.29) is 0 Å². The molecule has 0 unspecified atom stereocenters. The summed E-state index contributed by atoms with van der Waals surface area (Å²) in [6, 6.07) is 1.98. The molecule has 0 atom stereocenters. The molecule has 3 nitrogen and oxygen atoms in total. The van der Waals surface area contributed by atoms with Gasteiger partial charge in [-0.1, -0.05) is 17.0 Å². The van der Waals surface area contributed by atoms with Crippen molar-refractivity contribution in [1.82, 2.24) is 4.98 Å². The summed E-state index contributed by atoms with van der Waals surface area (Å²) in [5, 5.41) is 14.7. The van der Waals surface area contributed by atoms with Crippen molar-refractivity contribution in [3.05, 3.63) is 17.5 Å². The van der Waals surface area contributed by atoms with E-state index in [2.05, 4.69) is 4.98 Å². The molecule has 0 saturated carbocycles. The maximum absolute atomic E-state index is 7.37. The number of nitrogens with zero attached hydrogens (tertiary/aromatic N) is 1. The van der Waals surface area contributed by atoms with Crippen LogP contribution in [0.25, 0.3) is 0 Å². The van der Waals surface area contributed by atoms with Crippen molar-refractivity contribution < 1.29 is 0 Å². The zero-order chi connectivity index (χ0) is 8.29. The molecule has 2 aliphatic rings. The Morgan fingerprint density at radius 1 is 1.00 bits per heavy atom. The summed E-state index contributed by atoms with van der Waals surface area (Å²) < 4.78 is 0. The molecule has 2 N–H and O–H groups in total. The van der Waals surface area contributed by atoms with Gasteiger partial charge >= 0.3 is 0 Å². The first-order valence-corrected chi connectivity index (χ1v) is 3.68. The van der Waals surface area contributed by atoms with Crippen LogP contribution in [0.3, 0.4) is 0 Å². The number of pyridine rings is 1. The van der Waals surface area contributed by atoms with Crippen LogP contribution >= 0.6 is 0 Å². The van der Waals surface area contributed by atoms with Gasteiger partial charge in [0.05, 0.1) is 11.4 Å². The first kappa shape index (κ1) is 6.17. The van der Waals surface area contributed by atoms with Crippen LogP contribution in [0.5, 0.6) is 0 Å². The molecular formula is C7H3B2N3. The molecule has 2 radical (unpaired) electrons. The van der Waals surface area contributed by atoms with E-state index < -0.39 is 0 Å². The summed E-state index contributed by atoms with van der Waals surface area (Å²) in [6.45, 7) is 0. The van der Waals surface area contributed by atoms with Crippen molar-refractivity contribution in [2.24, 2.45) is 0 Å². The second kappa shape index (κ2) is 1.68. The lowest BCUT2D eigenvalue weighted by molar-refractivity contribution is 1.26. The van der Waals surface area contributed by atoms with Gasteiger partial charge in [-0.25, -0.2) is 4.98 Å². The van der Waals surface area contributed by atoms with Crippen LogP contribution in [-0.2, 0) is 0 Å². The largest absolute Gasteiger partial charge is 0.313 e. The summed E-state index contributed by atoms with van der Waals surface area (Å²) in [5.74, 6) is 0. The van der Waals surface area contributed by atoms with E-state index >= 15 is 0 Å². The molecule has 0 aliphatic carbocycles. The van der Waals surface area contributed by atoms with E-state index in [0.717, 1.165) is 22.3 Å². The Morgan fingerprint density at radius 3 is 1.92 bits per heavy atom. The van der Waals surface area contributed by atoms with Crippen LogP contribution in [0.4, 0.5) is 0 Å². The molecule has 3 heterocycles. The highest BCUT2D eigenvalue weighted by Gasteiger charge is 2.30. The zero-order valence-electron chi connectivity index (χ0n) is 6.18. The molecule has 1 aromatic rings. The lowest BCUT2D eigenvalue weighted by Crippen LogP contribution is -2.52. The third-order valence-corrected chi connectivity index (χ3v) is 2.19. The van der Waals surface area contributed by atoms with E-state index in [9.17, 15) is 0 Å². The highest BCUT2D eigenvalue weighted by atomic mass is 14.8. The summed E-state index contributed by atoms with van der Waals surface area (Å²) in [7, 11) is 3.58.